The van der Waals surface area contributed by atoms with Crippen molar-refractivity contribution in [1.82, 2.24) is 19.9 Å². The topological polar surface area (TPSA) is 105 Å². The van der Waals surface area contributed by atoms with Gasteiger partial charge in [0.2, 0.25) is 5.82 Å². The SMILES string of the molecule is NN=Nc1nc(I)nc2[nH]cnc12. The molecule has 0 saturated carbocycles. The Morgan fingerprint density at radius 1 is 1.46 bits per heavy atom. The van der Waals surface area contributed by atoms with Crippen LogP contribution in [0.4, 0.5) is 5.82 Å². The van der Waals surface area contributed by atoms with Crippen molar-refractivity contribution in [1.29, 1.82) is 0 Å². The van der Waals surface area contributed by atoms with E-state index in [2.05, 4.69) is 30.3 Å². The van der Waals surface area contributed by atoms with Crippen LogP contribution in [0.15, 0.2) is 16.7 Å². The van der Waals surface area contributed by atoms with Gasteiger partial charge in [0, 0.05) is 22.6 Å². The number of fused-ring (bicyclic) bond motifs is 1. The molecule has 0 saturated heterocycles. The second-order valence-corrected chi connectivity index (χ2v) is 3.10. The van der Waals surface area contributed by atoms with Crippen molar-refractivity contribution >= 4 is 39.6 Å². The zero-order valence-electron chi connectivity index (χ0n) is 6.27. The number of aromatic nitrogens is 4. The summed E-state index contributed by atoms with van der Waals surface area (Å²) >= 11 is 1.98. The van der Waals surface area contributed by atoms with Crippen LogP contribution in [0.2, 0.25) is 0 Å². The van der Waals surface area contributed by atoms with E-state index >= 15 is 0 Å². The summed E-state index contributed by atoms with van der Waals surface area (Å²) in [4.78, 5) is 14.9. The maximum absolute atomic E-state index is 4.93. The third-order valence-corrected chi connectivity index (χ3v) is 1.87. The summed E-state index contributed by atoms with van der Waals surface area (Å²) in [5.74, 6) is 5.30. The van der Waals surface area contributed by atoms with Crippen LogP contribution < -0.4 is 5.84 Å². The molecule has 2 aromatic heterocycles. The third-order valence-electron chi connectivity index (χ3n) is 1.39. The average molecular weight is 289 g/mol. The van der Waals surface area contributed by atoms with Crippen LogP contribution in [0.3, 0.4) is 0 Å². The molecule has 0 fully saturated rings. The van der Waals surface area contributed by atoms with Gasteiger partial charge in [-0.2, -0.15) is 4.98 Å². The minimum absolute atomic E-state index is 0.373. The number of rotatable bonds is 1. The average Bonchev–Trinajstić information content (AvgIpc) is 2.52. The molecule has 7 nitrogen and oxygen atoms in total. The summed E-state index contributed by atoms with van der Waals surface area (Å²) in [6, 6.07) is 0. The second kappa shape index (κ2) is 3.20. The molecule has 3 N–H and O–H groups in total. The van der Waals surface area contributed by atoms with Gasteiger partial charge in [0.15, 0.2) is 15.0 Å². The molecule has 0 aromatic carbocycles. The lowest BCUT2D eigenvalue weighted by atomic mass is 10.5. The first-order chi connectivity index (χ1) is 6.31. The van der Waals surface area contributed by atoms with Crippen molar-refractivity contribution in [2.75, 3.05) is 0 Å². The summed E-state index contributed by atoms with van der Waals surface area (Å²) in [5, 5.41) is 6.79. The van der Waals surface area contributed by atoms with Gasteiger partial charge in [-0.3, -0.25) is 0 Å². The highest BCUT2D eigenvalue weighted by atomic mass is 127. The maximum atomic E-state index is 4.93. The van der Waals surface area contributed by atoms with Crippen molar-refractivity contribution in [3.63, 3.8) is 0 Å². The molecule has 8 heteroatoms. The van der Waals surface area contributed by atoms with Gasteiger partial charge in [-0.05, 0) is 0 Å². The number of nitrogens with zero attached hydrogens (tertiary/aromatic N) is 5. The summed E-state index contributed by atoms with van der Waals surface area (Å²) < 4.78 is 0.566. The smallest absolute Gasteiger partial charge is 0.208 e. The fraction of sp³-hybridized carbons (Fsp3) is 0. The number of nitrogens with two attached hydrogens (primary N) is 1. The standard InChI is InChI=1S/C5H4IN7/c6-5-10-3-2(8-1-9-3)4(11-5)12-13-7/h1H,(H3,7,8,9,10,11,12). The lowest BCUT2D eigenvalue weighted by Gasteiger charge is -1.93. The Morgan fingerprint density at radius 2 is 2.31 bits per heavy atom. The van der Waals surface area contributed by atoms with Gasteiger partial charge in [-0.15, -0.1) is 5.11 Å². The molecule has 0 aliphatic heterocycles. The Bertz CT molecular complexity index is 461. The highest BCUT2D eigenvalue weighted by Gasteiger charge is 2.07. The number of hydrogen-bond acceptors (Lipinski definition) is 5. The molecule has 13 heavy (non-hydrogen) atoms. The minimum Gasteiger partial charge on any atom is -0.329 e. The minimum atomic E-state index is 0.373. The summed E-state index contributed by atoms with van der Waals surface area (Å²) in [6.07, 6.45) is 1.52. The Hall–Kier alpha value is -1.32. The lowest BCUT2D eigenvalue weighted by Crippen LogP contribution is -1.89. The molecule has 0 aliphatic rings. The largest absolute Gasteiger partial charge is 0.329 e. The van der Waals surface area contributed by atoms with E-state index in [0.717, 1.165) is 0 Å². The van der Waals surface area contributed by atoms with Gasteiger partial charge in [0.25, 0.3) is 0 Å². The molecule has 2 rings (SSSR count). The van der Waals surface area contributed by atoms with Crippen LogP contribution in [-0.4, -0.2) is 19.9 Å². The third kappa shape index (κ3) is 1.43. The van der Waals surface area contributed by atoms with E-state index in [1.165, 1.54) is 6.33 Å². The predicted octanol–water partition coefficient (Wildman–Crippen LogP) is 0.915. The molecule has 0 amide bonds. The fourth-order valence-electron chi connectivity index (χ4n) is 0.918. The highest BCUT2D eigenvalue weighted by Crippen LogP contribution is 2.19. The van der Waals surface area contributed by atoms with Gasteiger partial charge < -0.3 is 10.8 Å². The number of aromatic amines is 1. The van der Waals surface area contributed by atoms with Crippen molar-refractivity contribution in [2.24, 2.45) is 16.2 Å². The Kier molecular flexibility index (Phi) is 2.04. The van der Waals surface area contributed by atoms with E-state index in [0.29, 0.717) is 20.8 Å². The van der Waals surface area contributed by atoms with Crippen LogP contribution in [0, 0.1) is 3.83 Å². The Morgan fingerprint density at radius 3 is 3.08 bits per heavy atom. The molecule has 66 valence electrons. The predicted molar refractivity (Wildman–Crippen MR) is 53.1 cm³/mol. The van der Waals surface area contributed by atoms with E-state index in [9.17, 15) is 0 Å². The van der Waals surface area contributed by atoms with E-state index in [1.807, 2.05) is 22.6 Å². The zero-order valence-corrected chi connectivity index (χ0v) is 8.43. The van der Waals surface area contributed by atoms with Crippen LogP contribution in [0.1, 0.15) is 0 Å². The number of H-pyrrole nitrogens is 1. The quantitative estimate of drug-likeness (QED) is 0.267. The Balaban J connectivity index is 2.77. The molecule has 0 spiro atoms. The van der Waals surface area contributed by atoms with Crippen molar-refractivity contribution in [3.8, 4) is 0 Å². The van der Waals surface area contributed by atoms with E-state index in [1.54, 1.807) is 0 Å². The normalized spacial score (nSPS) is 11.5. The molecular formula is C5H4IN7. The first-order valence-electron chi connectivity index (χ1n) is 3.29. The zero-order chi connectivity index (χ0) is 9.26. The first kappa shape index (κ1) is 8.29. The number of hydrogen-bond donors (Lipinski definition) is 2. The molecule has 0 bridgehead atoms. The lowest BCUT2D eigenvalue weighted by molar-refractivity contribution is 1.02. The molecule has 0 aliphatic carbocycles. The number of imidazole rings is 1. The van der Waals surface area contributed by atoms with Gasteiger partial charge in [0.05, 0.1) is 6.33 Å². The summed E-state index contributed by atoms with van der Waals surface area (Å²) in [5.41, 5.74) is 1.19. The maximum Gasteiger partial charge on any atom is 0.208 e. The first-order valence-corrected chi connectivity index (χ1v) is 4.36. The molecule has 0 radical (unpaired) electrons. The van der Waals surface area contributed by atoms with Crippen LogP contribution in [0.25, 0.3) is 11.2 Å². The van der Waals surface area contributed by atoms with E-state index in [4.69, 9.17) is 5.84 Å². The van der Waals surface area contributed by atoms with Crippen molar-refractivity contribution in [2.45, 2.75) is 0 Å². The van der Waals surface area contributed by atoms with Crippen LogP contribution >= 0.6 is 22.6 Å². The monoisotopic (exact) mass is 289 g/mol. The summed E-state index contributed by atoms with van der Waals surface area (Å²) in [6.45, 7) is 0. The Labute approximate surface area is 86.0 Å². The van der Waals surface area contributed by atoms with E-state index < -0.39 is 0 Å². The molecule has 2 heterocycles. The summed E-state index contributed by atoms with van der Waals surface area (Å²) in [7, 11) is 0. The van der Waals surface area contributed by atoms with Gasteiger partial charge in [-0.1, -0.05) is 5.22 Å². The van der Waals surface area contributed by atoms with Crippen LogP contribution in [0.5, 0.6) is 0 Å². The van der Waals surface area contributed by atoms with Crippen molar-refractivity contribution in [3.05, 3.63) is 10.2 Å². The fourth-order valence-corrected chi connectivity index (χ4v) is 1.39. The number of halogens is 1. The van der Waals surface area contributed by atoms with Gasteiger partial charge in [-0.25, -0.2) is 9.97 Å². The van der Waals surface area contributed by atoms with Crippen molar-refractivity contribution < 1.29 is 0 Å². The highest BCUT2D eigenvalue weighted by molar-refractivity contribution is 14.1. The number of nitrogens with one attached hydrogen (secondary N) is 1. The van der Waals surface area contributed by atoms with E-state index in [-0.39, 0.29) is 0 Å². The molecular weight excluding hydrogens is 285 g/mol. The molecule has 2 aromatic rings. The van der Waals surface area contributed by atoms with Crippen LogP contribution in [-0.2, 0) is 0 Å². The second-order valence-electron chi connectivity index (χ2n) is 2.13. The van der Waals surface area contributed by atoms with Gasteiger partial charge >= 0.3 is 0 Å². The van der Waals surface area contributed by atoms with Gasteiger partial charge in [0.1, 0.15) is 0 Å². The molecule has 0 atom stereocenters. The molecule has 0 unspecified atom stereocenters.